The summed E-state index contributed by atoms with van der Waals surface area (Å²) >= 11 is 7.95. The topological polar surface area (TPSA) is 47.3 Å². The van der Waals surface area contributed by atoms with Crippen LogP contribution in [0.1, 0.15) is 34.1 Å². The van der Waals surface area contributed by atoms with Gasteiger partial charge in [0.2, 0.25) is 0 Å². The quantitative estimate of drug-likeness (QED) is 0.489. The van der Waals surface area contributed by atoms with E-state index in [1.807, 2.05) is 24.3 Å². The smallest absolute Gasteiger partial charge is 0.0678 e. The number of hydrogen-bond acceptors (Lipinski definition) is 4. The molecular formula is C16H25ClN2OS. The van der Waals surface area contributed by atoms with E-state index in [9.17, 15) is 0 Å². The zero-order valence-corrected chi connectivity index (χ0v) is 14.7. The van der Waals surface area contributed by atoms with Gasteiger partial charge >= 0.3 is 0 Å². The monoisotopic (exact) mass is 328 g/mol. The fourth-order valence-corrected chi connectivity index (χ4v) is 4.62. The predicted molar refractivity (Wildman–Crippen MR) is 90.6 cm³/mol. The standard InChI is InChI=1S/C16H25ClN2OS/c1-15(2)9-11(16(3,4)20-15)13(19-18)10-21-14-8-6-5-7-12(14)17/h5-8,11,13,19H,9-10,18H2,1-4H3. The first kappa shape index (κ1) is 17.1. The highest BCUT2D eigenvalue weighted by atomic mass is 35.5. The van der Waals surface area contributed by atoms with E-state index >= 15 is 0 Å². The molecule has 21 heavy (non-hydrogen) atoms. The second-order valence-corrected chi connectivity index (χ2v) is 8.26. The van der Waals surface area contributed by atoms with Crippen LogP contribution >= 0.6 is 23.4 Å². The maximum Gasteiger partial charge on any atom is 0.0678 e. The molecule has 2 unspecified atom stereocenters. The average molecular weight is 329 g/mol. The van der Waals surface area contributed by atoms with Gasteiger partial charge in [0.1, 0.15) is 0 Å². The maximum absolute atomic E-state index is 6.21. The minimum absolute atomic E-state index is 0.0989. The molecule has 3 nitrogen and oxygen atoms in total. The Morgan fingerprint density at radius 2 is 2.05 bits per heavy atom. The normalized spacial score (nSPS) is 25.0. The SMILES string of the molecule is CC1(C)CC(C(CSc2ccccc2Cl)NN)C(C)(C)O1. The number of ether oxygens (including phenoxy) is 1. The van der Waals surface area contributed by atoms with Crippen LogP contribution in [-0.2, 0) is 4.74 Å². The van der Waals surface area contributed by atoms with Crippen LogP contribution in [0.25, 0.3) is 0 Å². The summed E-state index contributed by atoms with van der Waals surface area (Å²) in [6.07, 6.45) is 0.998. The van der Waals surface area contributed by atoms with Crippen LogP contribution in [0.2, 0.25) is 5.02 Å². The van der Waals surface area contributed by atoms with Gasteiger partial charge in [0.25, 0.3) is 0 Å². The molecule has 5 heteroatoms. The molecule has 1 aliphatic rings. The fraction of sp³-hybridized carbons (Fsp3) is 0.625. The van der Waals surface area contributed by atoms with E-state index < -0.39 is 0 Å². The molecule has 1 aliphatic heterocycles. The van der Waals surface area contributed by atoms with Gasteiger partial charge in [0.05, 0.1) is 16.2 Å². The van der Waals surface area contributed by atoms with Crippen LogP contribution in [0.5, 0.6) is 0 Å². The van der Waals surface area contributed by atoms with E-state index in [-0.39, 0.29) is 17.2 Å². The van der Waals surface area contributed by atoms with Crippen molar-refractivity contribution < 1.29 is 4.74 Å². The van der Waals surface area contributed by atoms with Crippen LogP contribution in [0.4, 0.5) is 0 Å². The number of benzene rings is 1. The summed E-state index contributed by atoms with van der Waals surface area (Å²) < 4.78 is 6.18. The molecule has 118 valence electrons. The van der Waals surface area contributed by atoms with Crippen molar-refractivity contribution in [2.45, 2.75) is 56.3 Å². The Hall–Kier alpha value is -0.260. The highest BCUT2D eigenvalue weighted by molar-refractivity contribution is 7.99. The molecule has 1 aromatic carbocycles. The van der Waals surface area contributed by atoms with Crippen molar-refractivity contribution in [1.29, 1.82) is 0 Å². The Labute approximate surface area is 136 Å². The molecular weight excluding hydrogens is 304 g/mol. The molecule has 0 bridgehead atoms. The summed E-state index contributed by atoms with van der Waals surface area (Å²) in [6.45, 7) is 8.58. The molecule has 0 aliphatic carbocycles. The van der Waals surface area contributed by atoms with Crippen molar-refractivity contribution in [2.75, 3.05) is 5.75 Å². The average Bonchev–Trinajstić information content (AvgIpc) is 2.60. The van der Waals surface area contributed by atoms with Crippen LogP contribution in [0.15, 0.2) is 29.2 Å². The molecule has 0 radical (unpaired) electrons. The molecule has 3 N–H and O–H groups in total. The number of thioether (sulfide) groups is 1. The summed E-state index contributed by atoms with van der Waals surface area (Å²) in [4.78, 5) is 1.09. The molecule has 2 rings (SSSR count). The van der Waals surface area contributed by atoms with Crippen molar-refractivity contribution >= 4 is 23.4 Å². The zero-order chi connectivity index (χ0) is 15.7. The minimum atomic E-state index is -0.179. The van der Waals surface area contributed by atoms with Gasteiger partial charge in [0.15, 0.2) is 0 Å². The molecule has 0 aromatic heterocycles. The van der Waals surface area contributed by atoms with E-state index in [0.29, 0.717) is 5.92 Å². The van der Waals surface area contributed by atoms with Gasteiger partial charge in [-0.05, 0) is 46.2 Å². The van der Waals surface area contributed by atoms with E-state index in [0.717, 1.165) is 22.1 Å². The molecule has 0 spiro atoms. The second-order valence-electron chi connectivity index (χ2n) is 6.79. The molecule has 1 fully saturated rings. The summed E-state index contributed by atoms with van der Waals surface area (Å²) in [5, 5.41) is 0.792. The zero-order valence-electron chi connectivity index (χ0n) is 13.2. The summed E-state index contributed by atoms with van der Waals surface area (Å²) in [5.74, 6) is 7.05. The van der Waals surface area contributed by atoms with Crippen LogP contribution in [-0.4, -0.2) is 23.0 Å². The number of halogens is 1. The van der Waals surface area contributed by atoms with Crippen molar-refractivity contribution in [1.82, 2.24) is 5.43 Å². The first-order valence-electron chi connectivity index (χ1n) is 7.29. The molecule has 1 heterocycles. The molecule has 1 aromatic rings. The summed E-state index contributed by atoms with van der Waals surface area (Å²) in [5.41, 5.74) is 2.71. The summed E-state index contributed by atoms with van der Waals surface area (Å²) in [6, 6.07) is 8.09. The lowest BCUT2D eigenvalue weighted by atomic mass is 9.82. The Balaban J connectivity index is 2.05. The van der Waals surface area contributed by atoms with E-state index in [2.05, 4.69) is 33.1 Å². The Bertz CT molecular complexity index is 493. The van der Waals surface area contributed by atoms with Crippen molar-refractivity contribution in [3.05, 3.63) is 29.3 Å². The van der Waals surface area contributed by atoms with Gasteiger partial charge in [0, 0.05) is 22.6 Å². The first-order chi connectivity index (χ1) is 9.75. The Morgan fingerprint density at radius 1 is 1.38 bits per heavy atom. The van der Waals surface area contributed by atoms with Gasteiger partial charge in [-0.25, -0.2) is 0 Å². The van der Waals surface area contributed by atoms with Gasteiger partial charge in [-0.3, -0.25) is 11.3 Å². The van der Waals surface area contributed by atoms with Crippen molar-refractivity contribution in [3.8, 4) is 0 Å². The first-order valence-corrected chi connectivity index (χ1v) is 8.65. The second kappa shape index (κ2) is 6.47. The molecule has 0 amide bonds. The van der Waals surface area contributed by atoms with Gasteiger partial charge in [-0.1, -0.05) is 23.7 Å². The molecule has 0 saturated carbocycles. The summed E-state index contributed by atoms with van der Waals surface area (Å²) in [7, 11) is 0. The number of hydrogen-bond donors (Lipinski definition) is 2. The third kappa shape index (κ3) is 4.14. The highest BCUT2D eigenvalue weighted by Gasteiger charge is 2.48. The Morgan fingerprint density at radius 3 is 2.57 bits per heavy atom. The third-order valence-corrected chi connectivity index (χ3v) is 5.73. The number of nitrogens with two attached hydrogens (primary N) is 1. The van der Waals surface area contributed by atoms with Gasteiger partial charge in [-0.15, -0.1) is 11.8 Å². The molecule has 1 saturated heterocycles. The van der Waals surface area contributed by atoms with Crippen LogP contribution in [0.3, 0.4) is 0 Å². The maximum atomic E-state index is 6.21. The largest absolute Gasteiger partial charge is 0.369 e. The lowest BCUT2D eigenvalue weighted by molar-refractivity contribution is -0.0769. The third-order valence-electron chi connectivity index (χ3n) is 4.10. The van der Waals surface area contributed by atoms with Crippen molar-refractivity contribution in [3.63, 3.8) is 0 Å². The van der Waals surface area contributed by atoms with Crippen LogP contribution < -0.4 is 11.3 Å². The van der Waals surface area contributed by atoms with Crippen molar-refractivity contribution in [2.24, 2.45) is 11.8 Å². The van der Waals surface area contributed by atoms with Gasteiger partial charge < -0.3 is 4.74 Å². The molecule has 2 atom stereocenters. The number of hydrazine groups is 1. The van der Waals surface area contributed by atoms with Gasteiger partial charge in [-0.2, -0.15) is 0 Å². The lowest BCUT2D eigenvalue weighted by Gasteiger charge is -2.32. The fourth-order valence-electron chi connectivity index (χ4n) is 3.25. The van der Waals surface area contributed by atoms with E-state index in [4.69, 9.17) is 22.2 Å². The minimum Gasteiger partial charge on any atom is -0.369 e. The lowest BCUT2D eigenvalue weighted by Crippen LogP contribution is -2.48. The predicted octanol–water partition coefficient (Wildman–Crippen LogP) is 3.86. The Kier molecular flexibility index (Phi) is 5.27. The van der Waals surface area contributed by atoms with Crippen LogP contribution in [0, 0.1) is 5.92 Å². The van der Waals surface area contributed by atoms with E-state index in [1.165, 1.54) is 0 Å². The van der Waals surface area contributed by atoms with E-state index in [1.54, 1.807) is 11.8 Å². The highest BCUT2D eigenvalue weighted by Crippen LogP contribution is 2.44. The number of rotatable bonds is 5. The number of nitrogens with one attached hydrogen (secondary N) is 1.